The second-order valence-corrected chi connectivity index (χ2v) is 7.48. The van der Waals surface area contributed by atoms with Gasteiger partial charge in [-0.1, -0.05) is 18.7 Å². The fraction of sp³-hybridized carbons (Fsp3) is 0.182. The number of halogens is 3. The molecule has 0 fully saturated rings. The van der Waals surface area contributed by atoms with Gasteiger partial charge in [-0.15, -0.1) is 5.10 Å². The molecule has 0 radical (unpaired) electrons. The highest BCUT2D eigenvalue weighted by Crippen LogP contribution is 2.32. The van der Waals surface area contributed by atoms with Crippen molar-refractivity contribution in [3.63, 3.8) is 0 Å². The van der Waals surface area contributed by atoms with Crippen LogP contribution >= 0.6 is 0 Å². The number of fused-ring (bicyclic) bond motifs is 1. The van der Waals surface area contributed by atoms with Crippen LogP contribution in [0.5, 0.6) is 0 Å². The summed E-state index contributed by atoms with van der Waals surface area (Å²) < 4.78 is 38.5. The predicted molar refractivity (Wildman–Crippen MR) is 119 cm³/mol. The first-order valence-electron chi connectivity index (χ1n) is 9.88. The maximum atomic E-state index is 12.3. The zero-order chi connectivity index (χ0) is 23.8. The molecule has 0 spiro atoms. The molecule has 1 amide bonds. The van der Waals surface area contributed by atoms with E-state index in [0.717, 1.165) is 27.7 Å². The Morgan fingerprint density at radius 2 is 1.91 bits per heavy atom. The minimum atomic E-state index is -4.47. The van der Waals surface area contributed by atoms with Crippen molar-refractivity contribution in [2.75, 3.05) is 11.9 Å². The highest BCUT2D eigenvalue weighted by molar-refractivity contribution is 5.97. The lowest BCUT2D eigenvalue weighted by molar-refractivity contribution is -0.123. The van der Waals surface area contributed by atoms with Crippen LogP contribution in [-0.2, 0) is 7.05 Å². The number of allylic oxidation sites excluding steroid dienone is 1. The molecule has 11 heteroatoms. The average Bonchev–Trinajstić information content (AvgIpc) is 3.38. The average molecular weight is 455 g/mol. The van der Waals surface area contributed by atoms with Crippen LogP contribution in [0.3, 0.4) is 0 Å². The van der Waals surface area contributed by atoms with E-state index in [-0.39, 0.29) is 5.56 Å². The first-order chi connectivity index (χ1) is 15.6. The molecule has 8 nitrogen and oxygen atoms in total. The lowest BCUT2D eigenvalue weighted by Gasteiger charge is -2.12. The standard InChI is InChI=1S/C22H20F3N7O/c1-12(2)18-15-10-27-30-16(15)8-9-17(18)28-21-29-19(31-32(21)3)13-4-6-14(7-5-13)20(33)26-11-22(23,24)25/h4-10H,1,11H2,2-3H3,(H,26,33)(H,27,30)(H,28,29,31). The Hall–Kier alpha value is -4.15. The number of anilines is 2. The third-order valence-electron chi connectivity index (χ3n) is 4.92. The van der Waals surface area contributed by atoms with E-state index in [1.807, 2.05) is 24.4 Å². The number of aromatic amines is 1. The van der Waals surface area contributed by atoms with Crippen molar-refractivity contribution in [3.05, 3.63) is 60.3 Å². The third kappa shape index (κ3) is 4.71. The van der Waals surface area contributed by atoms with Gasteiger partial charge in [0.1, 0.15) is 6.54 Å². The highest BCUT2D eigenvalue weighted by Gasteiger charge is 2.27. The van der Waals surface area contributed by atoms with Crippen molar-refractivity contribution in [3.8, 4) is 11.4 Å². The summed E-state index contributed by atoms with van der Waals surface area (Å²) in [7, 11) is 1.73. The van der Waals surface area contributed by atoms with Gasteiger partial charge >= 0.3 is 6.18 Å². The zero-order valence-electron chi connectivity index (χ0n) is 17.8. The third-order valence-corrected chi connectivity index (χ3v) is 4.92. The van der Waals surface area contributed by atoms with E-state index in [0.29, 0.717) is 17.3 Å². The van der Waals surface area contributed by atoms with Crippen LogP contribution in [0.25, 0.3) is 27.9 Å². The molecule has 2 heterocycles. The minimum Gasteiger partial charge on any atom is -0.343 e. The van der Waals surface area contributed by atoms with E-state index in [1.54, 1.807) is 30.1 Å². The fourth-order valence-electron chi connectivity index (χ4n) is 3.37. The van der Waals surface area contributed by atoms with Gasteiger partial charge in [0.2, 0.25) is 5.95 Å². The van der Waals surface area contributed by atoms with E-state index in [1.165, 1.54) is 12.1 Å². The van der Waals surface area contributed by atoms with Gasteiger partial charge in [0.25, 0.3) is 5.91 Å². The van der Waals surface area contributed by atoms with Crippen LogP contribution in [-0.4, -0.2) is 43.6 Å². The number of amides is 1. The molecule has 2 aromatic carbocycles. The second-order valence-electron chi connectivity index (χ2n) is 7.48. The molecular formula is C22H20F3N7O. The monoisotopic (exact) mass is 455 g/mol. The summed E-state index contributed by atoms with van der Waals surface area (Å²) in [4.78, 5) is 16.4. The Balaban J connectivity index is 1.56. The van der Waals surface area contributed by atoms with Gasteiger partial charge in [0.05, 0.1) is 11.7 Å². The van der Waals surface area contributed by atoms with Gasteiger partial charge in [-0.2, -0.15) is 23.3 Å². The first kappa shape index (κ1) is 22.1. The number of hydrogen-bond donors (Lipinski definition) is 3. The van der Waals surface area contributed by atoms with Gasteiger partial charge in [-0.25, -0.2) is 4.68 Å². The lowest BCUT2D eigenvalue weighted by Crippen LogP contribution is -2.33. The quantitative estimate of drug-likeness (QED) is 0.400. The van der Waals surface area contributed by atoms with Gasteiger partial charge in [0, 0.05) is 34.8 Å². The van der Waals surface area contributed by atoms with Gasteiger partial charge in [0.15, 0.2) is 5.82 Å². The van der Waals surface area contributed by atoms with E-state index in [9.17, 15) is 18.0 Å². The number of carbonyl (C=O) groups excluding carboxylic acids is 1. The number of hydrogen-bond acceptors (Lipinski definition) is 5. The number of benzene rings is 2. The molecule has 0 bridgehead atoms. The van der Waals surface area contributed by atoms with Crippen molar-refractivity contribution in [1.82, 2.24) is 30.3 Å². The van der Waals surface area contributed by atoms with Crippen LogP contribution in [0.4, 0.5) is 24.8 Å². The molecule has 0 atom stereocenters. The number of nitrogens with one attached hydrogen (secondary N) is 3. The highest BCUT2D eigenvalue weighted by atomic mass is 19.4. The largest absolute Gasteiger partial charge is 0.405 e. The first-order valence-corrected chi connectivity index (χ1v) is 9.88. The van der Waals surface area contributed by atoms with Crippen LogP contribution in [0.1, 0.15) is 22.8 Å². The van der Waals surface area contributed by atoms with E-state index < -0.39 is 18.6 Å². The number of rotatable bonds is 6. The molecule has 170 valence electrons. The molecule has 4 rings (SSSR count). The SMILES string of the molecule is C=C(C)c1c(Nc2nc(-c3ccc(C(=O)NCC(F)(F)F)cc3)nn2C)ccc2[nH]ncc12. The normalized spacial score (nSPS) is 11.5. The summed E-state index contributed by atoms with van der Waals surface area (Å²) in [5.41, 5.74) is 4.14. The molecule has 2 aromatic heterocycles. The molecule has 0 unspecified atom stereocenters. The van der Waals surface area contributed by atoms with Crippen molar-refractivity contribution in [2.24, 2.45) is 7.05 Å². The Morgan fingerprint density at radius 1 is 1.18 bits per heavy atom. The molecule has 0 saturated heterocycles. The van der Waals surface area contributed by atoms with E-state index >= 15 is 0 Å². The number of alkyl halides is 3. The van der Waals surface area contributed by atoms with Crippen molar-refractivity contribution in [1.29, 1.82) is 0 Å². The Labute approximate surface area is 186 Å². The molecule has 0 saturated carbocycles. The zero-order valence-corrected chi connectivity index (χ0v) is 17.8. The number of H-pyrrole nitrogens is 1. The van der Waals surface area contributed by atoms with E-state index in [4.69, 9.17) is 0 Å². The Bertz CT molecular complexity index is 1340. The van der Waals surface area contributed by atoms with Crippen molar-refractivity contribution < 1.29 is 18.0 Å². The van der Waals surface area contributed by atoms with Gasteiger partial charge < -0.3 is 10.6 Å². The fourth-order valence-corrected chi connectivity index (χ4v) is 3.37. The minimum absolute atomic E-state index is 0.108. The van der Waals surface area contributed by atoms with Crippen LogP contribution < -0.4 is 10.6 Å². The van der Waals surface area contributed by atoms with Crippen molar-refractivity contribution in [2.45, 2.75) is 13.1 Å². The van der Waals surface area contributed by atoms with E-state index in [2.05, 4.69) is 32.2 Å². The molecule has 4 aromatic rings. The smallest absolute Gasteiger partial charge is 0.343 e. The molecule has 0 aliphatic heterocycles. The summed E-state index contributed by atoms with van der Waals surface area (Å²) >= 11 is 0. The predicted octanol–water partition coefficient (Wildman–Crippen LogP) is 4.43. The summed E-state index contributed by atoms with van der Waals surface area (Å²) in [6.45, 7) is 4.58. The maximum Gasteiger partial charge on any atom is 0.405 e. The van der Waals surface area contributed by atoms with Gasteiger partial charge in [-0.05, 0) is 36.8 Å². The van der Waals surface area contributed by atoms with Gasteiger partial charge in [-0.3, -0.25) is 9.89 Å². The molecule has 3 N–H and O–H groups in total. The van der Waals surface area contributed by atoms with Crippen LogP contribution in [0.2, 0.25) is 0 Å². The maximum absolute atomic E-state index is 12.3. The molecular weight excluding hydrogens is 435 g/mol. The van der Waals surface area contributed by atoms with Crippen LogP contribution in [0.15, 0.2) is 49.2 Å². The second kappa shape index (κ2) is 8.41. The number of aryl methyl sites for hydroxylation is 1. The Morgan fingerprint density at radius 3 is 2.58 bits per heavy atom. The summed E-state index contributed by atoms with van der Waals surface area (Å²) in [6.07, 6.45) is -2.73. The van der Waals surface area contributed by atoms with Crippen LogP contribution in [0, 0.1) is 0 Å². The lowest BCUT2D eigenvalue weighted by atomic mass is 10.0. The topological polar surface area (TPSA) is 101 Å². The number of nitrogens with zero attached hydrogens (tertiary/aromatic N) is 4. The number of aromatic nitrogens is 5. The molecule has 0 aliphatic carbocycles. The summed E-state index contributed by atoms with van der Waals surface area (Å²) in [6, 6.07) is 9.81. The number of carbonyl (C=O) groups is 1. The summed E-state index contributed by atoms with van der Waals surface area (Å²) in [5, 5.41) is 17.5. The molecule has 0 aliphatic rings. The summed E-state index contributed by atoms with van der Waals surface area (Å²) in [5.74, 6) is 0.0584. The Kier molecular flexibility index (Phi) is 5.62. The molecule has 33 heavy (non-hydrogen) atoms. The van der Waals surface area contributed by atoms with Crippen molar-refractivity contribution >= 4 is 34.0 Å².